The molecule has 0 amide bonds. The maximum absolute atomic E-state index is 14.3. The second-order valence-electron chi connectivity index (χ2n) is 6.57. The van der Waals surface area contributed by atoms with Crippen molar-refractivity contribution >= 4 is 33.8 Å². The van der Waals surface area contributed by atoms with Gasteiger partial charge >= 0.3 is 11.1 Å². The third-order valence-electron chi connectivity index (χ3n) is 4.63. The van der Waals surface area contributed by atoms with Crippen molar-refractivity contribution in [3.05, 3.63) is 69.1 Å². The number of nitrogens with one attached hydrogen (secondary N) is 1. The minimum Gasteiger partial charge on any atom is -0.609 e. The molecule has 1 heterocycles. The highest BCUT2D eigenvalue weighted by molar-refractivity contribution is 7.91. The Morgan fingerprint density at radius 2 is 2.03 bits per heavy atom. The SMILES string of the molecule is CC[S+]([O-])c1oc2c(C(C)Nc3ccccc3C(=O)O)cc(F)cc2c(=O)c1C. The molecule has 0 spiro atoms. The topological polar surface area (TPSA) is 103 Å². The van der Waals surface area contributed by atoms with Gasteiger partial charge in [0.25, 0.3) is 0 Å². The third-order valence-corrected chi connectivity index (χ3v) is 5.96. The van der Waals surface area contributed by atoms with Crippen molar-refractivity contribution in [1.82, 2.24) is 0 Å². The van der Waals surface area contributed by atoms with Gasteiger partial charge in [-0.1, -0.05) is 12.1 Å². The molecule has 1 aromatic heterocycles. The second-order valence-corrected chi connectivity index (χ2v) is 8.21. The summed E-state index contributed by atoms with van der Waals surface area (Å²) in [5.74, 6) is -1.46. The number of hydrogen-bond acceptors (Lipinski definition) is 5. The molecule has 3 rings (SSSR count). The fourth-order valence-electron chi connectivity index (χ4n) is 3.14. The Labute approximate surface area is 169 Å². The Hall–Kier alpha value is -2.84. The molecule has 2 unspecified atom stereocenters. The summed E-state index contributed by atoms with van der Waals surface area (Å²) in [7, 11) is 0. The van der Waals surface area contributed by atoms with Crippen molar-refractivity contribution in [2.75, 3.05) is 11.1 Å². The lowest BCUT2D eigenvalue weighted by molar-refractivity contribution is 0.0698. The van der Waals surface area contributed by atoms with Crippen molar-refractivity contribution in [3.8, 4) is 0 Å². The lowest BCUT2D eigenvalue weighted by Crippen LogP contribution is -2.17. The number of fused-ring (bicyclic) bond motifs is 1. The van der Waals surface area contributed by atoms with Crippen LogP contribution in [0.2, 0.25) is 0 Å². The summed E-state index contributed by atoms with van der Waals surface area (Å²) in [6.07, 6.45) is 0. The van der Waals surface area contributed by atoms with Crippen molar-refractivity contribution in [3.63, 3.8) is 0 Å². The van der Waals surface area contributed by atoms with Crippen LogP contribution in [-0.2, 0) is 11.2 Å². The molecule has 8 heteroatoms. The molecule has 2 aromatic carbocycles. The van der Waals surface area contributed by atoms with Gasteiger partial charge < -0.3 is 19.4 Å². The molecule has 0 radical (unpaired) electrons. The molecule has 0 saturated carbocycles. The first-order chi connectivity index (χ1) is 13.7. The van der Waals surface area contributed by atoms with Crippen LogP contribution in [0.15, 0.2) is 50.7 Å². The molecule has 152 valence electrons. The molecule has 6 nitrogen and oxygen atoms in total. The van der Waals surface area contributed by atoms with Crippen molar-refractivity contribution < 1.29 is 23.3 Å². The summed E-state index contributed by atoms with van der Waals surface area (Å²) in [5.41, 5.74) is 0.605. The average Bonchev–Trinajstić information content (AvgIpc) is 2.70. The third kappa shape index (κ3) is 3.99. The molecular weight excluding hydrogens is 397 g/mol. The Balaban J connectivity index is 2.17. The quantitative estimate of drug-likeness (QED) is 0.582. The molecule has 0 bridgehead atoms. The Kier molecular flexibility index (Phi) is 5.95. The Morgan fingerprint density at radius 1 is 1.34 bits per heavy atom. The van der Waals surface area contributed by atoms with E-state index in [9.17, 15) is 23.6 Å². The summed E-state index contributed by atoms with van der Waals surface area (Å²) in [5, 5.41) is 12.5. The van der Waals surface area contributed by atoms with Crippen LogP contribution in [0.3, 0.4) is 0 Å². The fraction of sp³-hybridized carbons (Fsp3) is 0.238. The summed E-state index contributed by atoms with van der Waals surface area (Å²) >= 11 is -1.50. The maximum atomic E-state index is 14.3. The zero-order valence-electron chi connectivity index (χ0n) is 16.1. The zero-order chi connectivity index (χ0) is 21.3. The number of halogens is 1. The van der Waals surface area contributed by atoms with Crippen molar-refractivity contribution in [2.45, 2.75) is 31.9 Å². The molecule has 2 atom stereocenters. The van der Waals surface area contributed by atoms with Gasteiger partial charge in [-0.2, -0.15) is 0 Å². The van der Waals surface area contributed by atoms with Crippen LogP contribution < -0.4 is 10.7 Å². The summed E-state index contributed by atoms with van der Waals surface area (Å²) in [4.78, 5) is 24.2. The molecule has 29 heavy (non-hydrogen) atoms. The first-order valence-corrected chi connectivity index (χ1v) is 10.3. The van der Waals surface area contributed by atoms with Crippen LogP contribution in [0.1, 0.15) is 41.4 Å². The van der Waals surface area contributed by atoms with E-state index in [4.69, 9.17) is 4.42 Å². The largest absolute Gasteiger partial charge is 0.609 e. The van der Waals surface area contributed by atoms with Crippen LogP contribution in [0.25, 0.3) is 11.0 Å². The van der Waals surface area contributed by atoms with E-state index in [0.29, 0.717) is 11.3 Å². The second kappa shape index (κ2) is 8.26. The summed E-state index contributed by atoms with van der Waals surface area (Å²) < 4.78 is 32.4. The number of aromatic carboxylic acids is 1. The standard InChI is InChI=1S/C21H20FNO5S/c1-4-29(27)21-11(2)18(24)16-10-13(22)9-15(19(16)28-21)12(3)23-17-8-6-5-7-14(17)20(25)26/h5-10,12,23H,4H2,1-3H3,(H,25,26). The first-order valence-electron chi connectivity index (χ1n) is 8.98. The number of carboxylic acids is 1. The van der Waals surface area contributed by atoms with E-state index in [-0.39, 0.29) is 32.9 Å². The van der Waals surface area contributed by atoms with Gasteiger partial charge in [-0.3, -0.25) is 4.79 Å². The number of hydrogen-bond donors (Lipinski definition) is 2. The number of rotatable bonds is 6. The van der Waals surface area contributed by atoms with Crippen LogP contribution in [0, 0.1) is 12.7 Å². The van der Waals surface area contributed by atoms with E-state index in [2.05, 4.69) is 5.32 Å². The van der Waals surface area contributed by atoms with E-state index in [0.717, 1.165) is 6.07 Å². The van der Waals surface area contributed by atoms with E-state index >= 15 is 0 Å². The highest BCUT2D eigenvalue weighted by Gasteiger charge is 2.24. The predicted molar refractivity (Wildman–Crippen MR) is 110 cm³/mol. The van der Waals surface area contributed by atoms with Gasteiger partial charge in [-0.15, -0.1) is 0 Å². The van der Waals surface area contributed by atoms with Crippen LogP contribution in [0.5, 0.6) is 0 Å². The van der Waals surface area contributed by atoms with E-state index in [1.165, 1.54) is 19.1 Å². The minimum atomic E-state index is -1.50. The Bertz CT molecular complexity index is 1140. The van der Waals surface area contributed by atoms with Gasteiger partial charge in [0.2, 0.25) is 5.43 Å². The number of benzene rings is 2. The molecule has 0 saturated heterocycles. The monoisotopic (exact) mass is 417 g/mol. The van der Waals surface area contributed by atoms with Crippen LogP contribution >= 0.6 is 0 Å². The van der Waals surface area contributed by atoms with Gasteiger partial charge in [-0.05, 0) is 45.0 Å². The highest BCUT2D eigenvalue weighted by Crippen LogP contribution is 2.30. The van der Waals surface area contributed by atoms with Gasteiger partial charge in [0, 0.05) is 22.4 Å². The van der Waals surface area contributed by atoms with Crippen molar-refractivity contribution in [2.24, 2.45) is 0 Å². The minimum absolute atomic E-state index is 0.0505. The smallest absolute Gasteiger partial charge is 0.337 e. The number of carboxylic acid groups (broad SMARTS) is 1. The van der Waals surface area contributed by atoms with Gasteiger partial charge in [0.1, 0.15) is 17.2 Å². The summed E-state index contributed by atoms with van der Waals surface area (Å²) in [6, 6.07) is 8.05. The molecule has 0 fully saturated rings. The number of para-hydroxylation sites is 1. The molecule has 0 aliphatic heterocycles. The normalized spacial score (nSPS) is 13.3. The maximum Gasteiger partial charge on any atom is 0.337 e. The Morgan fingerprint density at radius 3 is 2.69 bits per heavy atom. The van der Waals surface area contributed by atoms with Crippen LogP contribution in [-0.4, -0.2) is 21.4 Å². The lowest BCUT2D eigenvalue weighted by atomic mass is 10.0. The van der Waals surface area contributed by atoms with Crippen molar-refractivity contribution in [1.29, 1.82) is 0 Å². The number of carbonyl (C=O) groups is 1. The van der Waals surface area contributed by atoms with Gasteiger partial charge in [-0.25, -0.2) is 9.18 Å². The van der Waals surface area contributed by atoms with E-state index in [1.807, 2.05) is 0 Å². The molecule has 3 aromatic rings. The predicted octanol–water partition coefficient (Wildman–Crippen LogP) is 4.24. The van der Waals surface area contributed by atoms with Gasteiger partial charge in [0.05, 0.1) is 22.6 Å². The fourth-order valence-corrected chi connectivity index (χ4v) is 4.01. The van der Waals surface area contributed by atoms with Crippen LogP contribution in [0.4, 0.5) is 10.1 Å². The first kappa shape index (κ1) is 20.9. The highest BCUT2D eigenvalue weighted by atomic mass is 32.2. The molecule has 0 aliphatic rings. The molecule has 0 aliphatic carbocycles. The average molecular weight is 417 g/mol. The van der Waals surface area contributed by atoms with E-state index < -0.39 is 34.4 Å². The molecular formula is C21H20FNO5S. The summed E-state index contributed by atoms with van der Waals surface area (Å²) in [6.45, 7) is 4.91. The van der Waals surface area contributed by atoms with Gasteiger partial charge in [0.15, 0.2) is 0 Å². The van der Waals surface area contributed by atoms with E-state index in [1.54, 1.807) is 32.0 Å². The zero-order valence-corrected chi connectivity index (χ0v) is 16.9. The number of anilines is 1. The molecule has 2 N–H and O–H groups in total. The lowest BCUT2D eigenvalue weighted by Gasteiger charge is -2.19.